The van der Waals surface area contributed by atoms with Crippen LogP contribution in [0.1, 0.15) is 45.4 Å². The number of aliphatic carboxylic acids is 1. The molecule has 6 nitrogen and oxygen atoms in total. The zero-order chi connectivity index (χ0) is 14.7. The standard InChI is InChI=1S/C14H22N2O4/c1-3-9-4-6-10(7-5-9)16(2)13(17)12-8-11(14(18)19)15-20-12/h9-10,12H,3-8H2,1-2H3,(H,18,19). The van der Waals surface area contributed by atoms with E-state index in [1.54, 1.807) is 11.9 Å². The van der Waals surface area contributed by atoms with Crippen molar-refractivity contribution in [3.05, 3.63) is 0 Å². The fourth-order valence-corrected chi connectivity index (χ4v) is 2.98. The van der Waals surface area contributed by atoms with Gasteiger partial charge < -0.3 is 14.8 Å². The first-order valence-electron chi connectivity index (χ1n) is 7.25. The smallest absolute Gasteiger partial charge is 0.353 e. The minimum absolute atomic E-state index is 0.0583. The van der Waals surface area contributed by atoms with Crippen LogP contribution in [0.2, 0.25) is 0 Å². The van der Waals surface area contributed by atoms with Crippen molar-refractivity contribution >= 4 is 17.6 Å². The highest BCUT2D eigenvalue weighted by Gasteiger charge is 2.36. The van der Waals surface area contributed by atoms with Crippen LogP contribution < -0.4 is 0 Å². The van der Waals surface area contributed by atoms with Gasteiger partial charge >= 0.3 is 5.97 Å². The summed E-state index contributed by atoms with van der Waals surface area (Å²) in [4.78, 5) is 29.8. The van der Waals surface area contributed by atoms with E-state index in [2.05, 4.69) is 12.1 Å². The molecule has 1 heterocycles. The lowest BCUT2D eigenvalue weighted by atomic mass is 9.84. The van der Waals surface area contributed by atoms with Gasteiger partial charge in [0.25, 0.3) is 5.91 Å². The molecule has 1 amide bonds. The first-order valence-corrected chi connectivity index (χ1v) is 7.25. The van der Waals surface area contributed by atoms with Crippen LogP contribution in [0.3, 0.4) is 0 Å². The monoisotopic (exact) mass is 282 g/mol. The second-order valence-electron chi connectivity index (χ2n) is 5.67. The summed E-state index contributed by atoms with van der Waals surface area (Å²) in [6, 6.07) is 0.239. The van der Waals surface area contributed by atoms with Crippen molar-refractivity contribution in [1.29, 1.82) is 0 Å². The highest BCUT2D eigenvalue weighted by Crippen LogP contribution is 2.29. The lowest BCUT2D eigenvalue weighted by Crippen LogP contribution is -2.44. The quantitative estimate of drug-likeness (QED) is 0.850. The number of nitrogens with zero attached hydrogens (tertiary/aromatic N) is 2. The Morgan fingerprint density at radius 2 is 2.00 bits per heavy atom. The van der Waals surface area contributed by atoms with E-state index in [0.717, 1.165) is 31.6 Å². The van der Waals surface area contributed by atoms with E-state index in [9.17, 15) is 9.59 Å². The number of oxime groups is 1. The molecule has 1 atom stereocenters. The minimum Gasteiger partial charge on any atom is -0.477 e. The zero-order valence-corrected chi connectivity index (χ0v) is 12.0. The molecule has 2 rings (SSSR count). The molecule has 112 valence electrons. The number of likely N-dealkylation sites (N-methyl/N-ethyl adjacent to an activating group) is 1. The molecular weight excluding hydrogens is 260 g/mol. The van der Waals surface area contributed by atoms with E-state index in [4.69, 9.17) is 9.94 Å². The van der Waals surface area contributed by atoms with E-state index in [-0.39, 0.29) is 24.1 Å². The Morgan fingerprint density at radius 3 is 2.50 bits per heavy atom. The molecule has 6 heteroatoms. The van der Waals surface area contributed by atoms with E-state index < -0.39 is 12.1 Å². The minimum atomic E-state index is -1.12. The molecule has 0 saturated heterocycles. The predicted octanol–water partition coefficient (Wildman–Crippen LogP) is 1.64. The van der Waals surface area contributed by atoms with Crippen LogP contribution >= 0.6 is 0 Å². The third kappa shape index (κ3) is 3.11. The van der Waals surface area contributed by atoms with Crippen LogP contribution in [0.25, 0.3) is 0 Å². The first-order chi connectivity index (χ1) is 9.52. The number of hydrogen-bond donors (Lipinski definition) is 1. The maximum absolute atomic E-state index is 12.3. The molecule has 1 saturated carbocycles. The summed E-state index contributed by atoms with van der Waals surface area (Å²) in [5, 5.41) is 12.3. The largest absolute Gasteiger partial charge is 0.477 e. The Morgan fingerprint density at radius 1 is 1.35 bits per heavy atom. The number of carbonyl (C=O) groups is 2. The van der Waals surface area contributed by atoms with Gasteiger partial charge in [-0.25, -0.2) is 4.79 Å². The van der Waals surface area contributed by atoms with Crippen molar-refractivity contribution < 1.29 is 19.5 Å². The second kappa shape index (κ2) is 6.24. The number of carboxylic acid groups (broad SMARTS) is 1. The zero-order valence-electron chi connectivity index (χ0n) is 12.0. The van der Waals surface area contributed by atoms with E-state index in [1.807, 2.05) is 0 Å². The maximum atomic E-state index is 12.3. The first kappa shape index (κ1) is 14.8. The predicted molar refractivity (Wildman–Crippen MR) is 73.4 cm³/mol. The van der Waals surface area contributed by atoms with Gasteiger partial charge in [0.05, 0.1) is 0 Å². The van der Waals surface area contributed by atoms with Crippen molar-refractivity contribution in [2.75, 3.05) is 7.05 Å². The molecule has 1 fully saturated rings. The molecule has 0 aromatic carbocycles. The number of rotatable bonds is 4. The fourth-order valence-electron chi connectivity index (χ4n) is 2.98. The number of carboxylic acids is 1. The average molecular weight is 282 g/mol. The van der Waals surface area contributed by atoms with Gasteiger partial charge in [0.1, 0.15) is 0 Å². The highest BCUT2D eigenvalue weighted by atomic mass is 16.6. The van der Waals surface area contributed by atoms with E-state index in [0.29, 0.717) is 0 Å². The van der Waals surface area contributed by atoms with Crippen LogP contribution in [0, 0.1) is 5.92 Å². The molecule has 2 aliphatic rings. The van der Waals surface area contributed by atoms with Crippen molar-refractivity contribution in [3.63, 3.8) is 0 Å². The van der Waals surface area contributed by atoms with E-state index >= 15 is 0 Å². The average Bonchev–Trinajstić information content (AvgIpc) is 2.96. The van der Waals surface area contributed by atoms with Crippen LogP contribution in [0.4, 0.5) is 0 Å². The van der Waals surface area contributed by atoms with Crippen molar-refractivity contribution in [2.24, 2.45) is 11.1 Å². The van der Waals surface area contributed by atoms with Gasteiger partial charge in [0.15, 0.2) is 5.71 Å². The summed E-state index contributed by atoms with van der Waals surface area (Å²) in [5.74, 6) is -0.504. The second-order valence-corrected chi connectivity index (χ2v) is 5.67. The normalized spacial score (nSPS) is 29.5. The number of hydrogen-bond acceptors (Lipinski definition) is 4. The number of amides is 1. The fraction of sp³-hybridized carbons (Fsp3) is 0.786. The molecule has 1 unspecified atom stereocenters. The SMILES string of the molecule is CCC1CCC(N(C)C(=O)C2CC(C(=O)O)=NO2)CC1. The summed E-state index contributed by atoms with van der Waals surface area (Å²) in [6.45, 7) is 2.21. The van der Waals surface area contributed by atoms with Crippen LogP contribution in [-0.2, 0) is 14.4 Å². The summed E-state index contributed by atoms with van der Waals surface area (Å²) >= 11 is 0. The Bertz CT molecular complexity index is 413. The van der Waals surface area contributed by atoms with Crippen molar-refractivity contribution in [1.82, 2.24) is 4.90 Å². The van der Waals surface area contributed by atoms with Crippen LogP contribution in [-0.4, -0.2) is 46.8 Å². The third-order valence-corrected chi connectivity index (χ3v) is 4.48. The lowest BCUT2D eigenvalue weighted by molar-refractivity contribution is -0.143. The third-order valence-electron chi connectivity index (χ3n) is 4.48. The van der Waals surface area contributed by atoms with Gasteiger partial charge in [0.2, 0.25) is 6.10 Å². The van der Waals surface area contributed by atoms with Gasteiger partial charge in [-0.05, 0) is 31.6 Å². The topological polar surface area (TPSA) is 79.2 Å². The van der Waals surface area contributed by atoms with E-state index in [1.165, 1.54) is 6.42 Å². The van der Waals surface area contributed by atoms with Gasteiger partial charge in [-0.15, -0.1) is 0 Å². The molecule has 0 bridgehead atoms. The molecule has 1 N–H and O–H groups in total. The Kier molecular flexibility index (Phi) is 4.62. The molecule has 0 aromatic rings. The molecule has 0 spiro atoms. The Balaban J connectivity index is 1.86. The van der Waals surface area contributed by atoms with Crippen molar-refractivity contribution in [2.45, 2.75) is 57.6 Å². The van der Waals surface area contributed by atoms with Crippen LogP contribution in [0.15, 0.2) is 5.16 Å². The van der Waals surface area contributed by atoms with Gasteiger partial charge in [-0.2, -0.15) is 0 Å². The maximum Gasteiger partial charge on any atom is 0.353 e. The summed E-state index contributed by atoms with van der Waals surface area (Å²) in [6.07, 6.45) is 4.83. The molecule has 20 heavy (non-hydrogen) atoms. The Labute approximate surface area is 118 Å². The molecule has 0 aromatic heterocycles. The summed E-state index contributed by atoms with van der Waals surface area (Å²) in [5.41, 5.74) is -0.0774. The number of carbonyl (C=O) groups excluding carboxylic acids is 1. The molecule has 1 aliphatic carbocycles. The molecule has 1 aliphatic heterocycles. The van der Waals surface area contributed by atoms with Crippen LogP contribution in [0.5, 0.6) is 0 Å². The lowest BCUT2D eigenvalue weighted by Gasteiger charge is -2.35. The summed E-state index contributed by atoms with van der Waals surface area (Å²) < 4.78 is 0. The van der Waals surface area contributed by atoms with Crippen molar-refractivity contribution in [3.8, 4) is 0 Å². The van der Waals surface area contributed by atoms with Gasteiger partial charge in [-0.1, -0.05) is 18.5 Å². The molecular formula is C14H22N2O4. The molecule has 0 radical (unpaired) electrons. The highest BCUT2D eigenvalue weighted by molar-refractivity contribution is 6.36. The van der Waals surface area contributed by atoms with Gasteiger partial charge in [0, 0.05) is 19.5 Å². The Hall–Kier alpha value is -1.59. The summed E-state index contributed by atoms with van der Waals surface area (Å²) in [7, 11) is 1.78. The van der Waals surface area contributed by atoms with Gasteiger partial charge in [-0.3, -0.25) is 4.79 Å².